The van der Waals surface area contributed by atoms with Crippen LogP contribution in [0.3, 0.4) is 0 Å². The molecule has 32 heavy (non-hydrogen) atoms. The van der Waals surface area contributed by atoms with E-state index in [1.165, 1.54) is 16.2 Å². The van der Waals surface area contributed by atoms with Crippen LogP contribution < -0.4 is 19.8 Å². The van der Waals surface area contributed by atoms with Gasteiger partial charge in [-0.1, -0.05) is 22.0 Å². The van der Waals surface area contributed by atoms with Gasteiger partial charge in [0.2, 0.25) is 5.76 Å². The van der Waals surface area contributed by atoms with Crippen LogP contribution in [0.1, 0.15) is 34.6 Å². The van der Waals surface area contributed by atoms with Crippen molar-refractivity contribution in [2.45, 2.75) is 13.0 Å². The number of rotatable bonds is 5. The zero-order chi connectivity index (χ0) is 22.4. The van der Waals surface area contributed by atoms with Crippen LogP contribution in [0.5, 0.6) is 11.5 Å². The van der Waals surface area contributed by atoms with E-state index in [9.17, 15) is 9.59 Å². The first-order chi connectivity index (χ1) is 15.5. The minimum Gasteiger partial charge on any atom is -0.493 e. The summed E-state index contributed by atoms with van der Waals surface area (Å²) in [6.45, 7) is 2.37. The molecule has 0 bridgehead atoms. The van der Waals surface area contributed by atoms with Gasteiger partial charge in [-0.05, 0) is 42.8 Å². The van der Waals surface area contributed by atoms with Crippen LogP contribution in [0, 0.1) is 0 Å². The molecule has 0 N–H and O–H groups in total. The number of benzene rings is 2. The number of hydrogen-bond donors (Lipinski definition) is 0. The molecule has 1 amide bonds. The third-order valence-corrected chi connectivity index (χ3v) is 6.52. The van der Waals surface area contributed by atoms with Crippen molar-refractivity contribution in [3.8, 4) is 11.5 Å². The molecule has 0 saturated carbocycles. The maximum absolute atomic E-state index is 13.6. The van der Waals surface area contributed by atoms with E-state index in [4.69, 9.17) is 13.9 Å². The van der Waals surface area contributed by atoms with Crippen molar-refractivity contribution >= 4 is 49.3 Å². The zero-order valence-electron chi connectivity index (χ0n) is 17.1. The number of anilines is 1. The van der Waals surface area contributed by atoms with E-state index in [-0.39, 0.29) is 16.8 Å². The Morgan fingerprint density at radius 2 is 2.03 bits per heavy atom. The quantitative estimate of drug-likeness (QED) is 0.366. The summed E-state index contributed by atoms with van der Waals surface area (Å²) in [7, 11) is 1.55. The number of nitrogens with zero attached hydrogens (tertiary/aromatic N) is 2. The lowest BCUT2D eigenvalue weighted by Gasteiger charge is -2.23. The van der Waals surface area contributed by atoms with Crippen molar-refractivity contribution in [3.63, 3.8) is 0 Å². The Morgan fingerprint density at radius 1 is 1.19 bits per heavy atom. The summed E-state index contributed by atoms with van der Waals surface area (Å²) >= 11 is 4.72. The molecule has 0 radical (unpaired) electrons. The highest BCUT2D eigenvalue weighted by molar-refractivity contribution is 9.10. The minimum absolute atomic E-state index is 0.0258. The number of thiazole rings is 1. The van der Waals surface area contributed by atoms with E-state index in [0.717, 1.165) is 4.47 Å². The molecule has 2 aromatic carbocycles. The van der Waals surface area contributed by atoms with Crippen molar-refractivity contribution in [2.75, 3.05) is 18.6 Å². The summed E-state index contributed by atoms with van der Waals surface area (Å²) in [5.41, 5.74) is 1.07. The van der Waals surface area contributed by atoms with Crippen molar-refractivity contribution in [1.29, 1.82) is 0 Å². The van der Waals surface area contributed by atoms with E-state index in [1.807, 2.05) is 13.0 Å². The van der Waals surface area contributed by atoms with Gasteiger partial charge in [-0.2, -0.15) is 0 Å². The Morgan fingerprint density at radius 3 is 2.75 bits per heavy atom. The van der Waals surface area contributed by atoms with E-state index >= 15 is 0 Å². The van der Waals surface area contributed by atoms with Gasteiger partial charge >= 0.3 is 0 Å². The predicted octanol–water partition coefficient (Wildman–Crippen LogP) is 5.17. The summed E-state index contributed by atoms with van der Waals surface area (Å²) < 4.78 is 17.8. The van der Waals surface area contributed by atoms with Crippen LogP contribution >= 0.6 is 27.3 Å². The van der Waals surface area contributed by atoms with Crippen molar-refractivity contribution in [2.24, 2.45) is 0 Å². The van der Waals surface area contributed by atoms with E-state index in [2.05, 4.69) is 20.9 Å². The standard InChI is InChI=1S/C23H17BrN2O5S/c1-3-30-16-6-4-12(10-17(16)29-2)19-18-20(27)14-11-13(24)5-7-15(14)31-21(18)22(28)26(19)23-25-8-9-32-23/h4-11,19H,3H2,1-2H3/t19-/m1/s1. The Bertz CT molecular complexity index is 1400. The largest absolute Gasteiger partial charge is 0.493 e. The molecule has 0 spiro atoms. The summed E-state index contributed by atoms with van der Waals surface area (Å²) in [6, 6.07) is 9.81. The molecule has 0 saturated heterocycles. The number of methoxy groups -OCH3 is 1. The van der Waals surface area contributed by atoms with Crippen LogP contribution in [0.15, 0.2) is 61.7 Å². The predicted molar refractivity (Wildman–Crippen MR) is 125 cm³/mol. The number of amides is 1. The average Bonchev–Trinajstić information content (AvgIpc) is 3.41. The highest BCUT2D eigenvalue weighted by Crippen LogP contribution is 2.43. The monoisotopic (exact) mass is 512 g/mol. The molecule has 4 aromatic rings. The first kappa shape index (κ1) is 20.7. The Balaban J connectivity index is 1.78. The average molecular weight is 513 g/mol. The number of hydrogen-bond acceptors (Lipinski definition) is 7. The Kier molecular flexibility index (Phi) is 5.22. The van der Waals surface area contributed by atoms with Gasteiger partial charge in [-0.25, -0.2) is 4.98 Å². The highest BCUT2D eigenvalue weighted by Gasteiger charge is 2.45. The molecule has 0 fully saturated rings. The third kappa shape index (κ3) is 3.20. The molecule has 0 unspecified atom stereocenters. The second kappa shape index (κ2) is 8.07. The van der Waals surface area contributed by atoms with Crippen LogP contribution in [-0.2, 0) is 0 Å². The van der Waals surface area contributed by atoms with Crippen LogP contribution in [0.2, 0.25) is 0 Å². The molecule has 1 atom stereocenters. The van der Waals surface area contributed by atoms with Gasteiger partial charge in [-0.3, -0.25) is 14.5 Å². The topological polar surface area (TPSA) is 81.9 Å². The number of fused-ring (bicyclic) bond motifs is 2. The van der Waals surface area contributed by atoms with Crippen molar-refractivity contribution in [3.05, 3.63) is 79.6 Å². The molecule has 162 valence electrons. The number of carbonyl (C=O) groups is 1. The number of halogens is 1. The van der Waals surface area contributed by atoms with Gasteiger partial charge in [0, 0.05) is 16.0 Å². The fourth-order valence-corrected chi connectivity index (χ4v) is 4.95. The summed E-state index contributed by atoms with van der Waals surface area (Å²) in [4.78, 5) is 32.9. The maximum Gasteiger partial charge on any atom is 0.297 e. The molecule has 2 aromatic heterocycles. The molecular weight excluding hydrogens is 496 g/mol. The van der Waals surface area contributed by atoms with Gasteiger partial charge < -0.3 is 13.9 Å². The van der Waals surface area contributed by atoms with E-state index in [1.54, 1.807) is 49.0 Å². The second-order valence-corrected chi connectivity index (χ2v) is 8.84. The molecule has 9 heteroatoms. The second-order valence-electron chi connectivity index (χ2n) is 7.05. The normalized spacial score (nSPS) is 15.3. The summed E-state index contributed by atoms with van der Waals surface area (Å²) in [6.07, 6.45) is 1.62. The number of aromatic nitrogens is 1. The Labute approximate surface area is 195 Å². The fraction of sp³-hybridized carbons (Fsp3) is 0.174. The van der Waals surface area contributed by atoms with Gasteiger partial charge in [-0.15, -0.1) is 11.3 Å². The highest BCUT2D eigenvalue weighted by atomic mass is 79.9. The minimum atomic E-state index is -0.715. The lowest BCUT2D eigenvalue weighted by atomic mass is 9.98. The smallest absolute Gasteiger partial charge is 0.297 e. The zero-order valence-corrected chi connectivity index (χ0v) is 19.5. The molecular formula is C23H17BrN2O5S. The Hall–Kier alpha value is -3.17. The lowest BCUT2D eigenvalue weighted by molar-refractivity contribution is 0.0971. The first-order valence-corrected chi connectivity index (χ1v) is 11.5. The van der Waals surface area contributed by atoms with Crippen LogP contribution in [0.4, 0.5) is 5.13 Å². The van der Waals surface area contributed by atoms with Gasteiger partial charge in [0.15, 0.2) is 22.1 Å². The molecule has 7 nitrogen and oxygen atoms in total. The first-order valence-electron chi connectivity index (χ1n) is 9.83. The van der Waals surface area contributed by atoms with Crippen molar-refractivity contribution < 1.29 is 18.7 Å². The van der Waals surface area contributed by atoms with Gasteiger partial charge in [0.25, 0.3) is 5.91 Å². The van der Waals surface area contributed by atoms with Crippen molar-refractivity contribution in [1.82, 2.24) is 4.98 Å². The van der Waals surface area contributed by atoms with E-state index in [0.29, 0.717) is 39.8 Å². The number of carbonyl (C=O) groups excluding carboxylic acids is 1. The fourth-order valence-electron chi connectivity index (χ4n) is 3.92. The molecule has 1 aliphatic heterocycles. The molecule has 0 aliphatic carbocycles. The van der Waals surface area contributed by atoms with Crippen LogP contribution in [-0.4, -0.2) is 24.6 Å². The summed E-state index contributed by atoms with van der Waals surface area (Å²) in [5, 5.41) is 2.66. The molecule has 5 rings (SSSR count). The number of ether oxygens (including phenoxy) is 2. The SMILES string of the molecule is CCOc1ccc([C@@H]2c3c(oc4ccc(Br)cc4c3=O)C(=O)N2c2nccs2)cc1OC. The maximum atomic E-state index is 13.6. The molecule has 3 heterocycles. The van der Waals surface area contributed by atoms with Gasteiger partial charge in [0.05, 0.1) is 30.7 Å². The lowest BCUT2D eigenvalue weighted by Crippen LogP contribution is -2.29. The third-order valence-electron chi connectivity index (χ3n) is 5.26. The van der Waals surface area contributed by atoms with Gasteiger partial charge in [0.1, 0.15) is 5.58 Å². The summed E-state index contributed by atoms with van der Waals surface area (Å²) in [5.74, 6) is 0.712. The van der Waals surface area contributed by atoms with E-state index < -0.39 is 11.9 Å². The van der Waals surface area contributed by atoms with Crippen LogP contribution in [0.25, 0.3) is 11.0 Å². The molecule has 1 aliphatic rings.